The number of allylic oxidation sites excluding steroid dienone is 9. The Labute approximate surface area is 537 Å². The molecule has 504 valence electrons. The summed E-state index contributed by atoms with van der Waals surface area (Å²) < 4.78 is 5.50. The van der Waals surface area contributed by atoms with E-state index in [4.69, 9.17) is 4.74 Å². The van der Waals surface area contributed by atoms with Crippen molar-refractivity contribution in [1.82, 2.24) is 5.32 Å². The summed E-state index contributed by atoms with van der Waals surface area (Å²) in [6.07, 6.45) is 100. The fourth-order valence-corrected chi connectivity index (χ4v) is 11.9. The van der Waals surface area contributed by atoms with Crippen molar-refractivity contribution in [2.24, 2.45) is 0 Å². The lowest BCUT2D eigenvalue weighted by atomic mass is 10.0. The zero-order chi connectivity index (χ0) is 62.0. The number of unbranched alkanes of at least 4 members (excludes halogenated alkanes) is 53. The van der Waals surface area contributed by atoms with Crippen LogP contribution in [0, 0.1) is 0 Å². The number of hydrogen-bond acceptors (Lipinski definition) is 5. The van der Waals surface area contributed by atoms with Crippen molar-refractivity contribution in [2.45, 2.75) is 424 Å². The topological polar surface area (TPSA) is 95.9 Å². The van der Waals surface area contributed by atoms with E-state index < -0.39 is 12.1 Å². The number of nitrogens with one attached hydrogen (secondary N) is 1. The van der Waals surface area contributed by atoms with Gasteiger partial charge in [0.25, 0.3) is 0 Å². The van der Waals surface area contributed by atoms with Crippen LogP contribution in [0.4, 0.5) is 0 Å². The third-order valence-electron chi connectivity index (χ3n) is 17.8. The van der Waals surface area contributed by atoms with Gasteiger partial charge in [0.2, 0.25) is 5.91 Å². The van der Waals surface area contributed by atoms with Crippen molar-refractivity contribution in [2.75, 3.05) is 13.2 Å². The van der Waals surface area contributed by atoms with Crippen LogP contribution in [-0.4, -0.2) is 47.4 Å². The van der Waals surface area contributed by atoms with Gasteiger partial charge in [-0.15, -0.1) is 0 Å². The standard InChI is InChI=1S/C80H149NO5/c1-3-5-7-9-11-13-15-17-19-21-22-34-37-41-44-48-52-56-60-64-68-72-78(83)77(76-82)81-79(84)73-69-65-61-57-53-49-45-42-38-35-32-30-28-26-24-23-25-27-29-31-33-36-39-43-47-51-55-59-63-67-71-75-86-80(85)74-70-66-62-58-54-50-46-40-20-18-16-14-12-10-8-6-4-2/h12,14,18,20,25,27,31,33,68,72,77-78,82-83H,3-11,13,15-17,19,21-24,26,28-30,32,34-67,69-71,73-76H2,1-2H3,(H,81,84)/b14-12-,20-18-,27-25-,33-31-,72-68+. The second kappa shape index (κ2) is 75.0. The molecule has 0 aliphatic carbocycles. The molecule has 0 aliphatic rings. The Balaban J connectivity index is 3.42. The van der Waals surface area contributed by atoms with E-state index in [1.807, 2.05) is 6.08 Å². The first-order valence-corrected chi connectivity index (χ1v) is 38.6. The van der Waals surface area contributed by atoms with Crippen LogP contribution in [0.5, 0.6) is 0 Å². The van der Waals surface area contributed by atoms with Crippen LogP contribution < -0.4 is 5.32 Å². The molecule has 0 bridgehead atoms. The van der Waals surface area contributed by atoms with E-state index in [1.165, 1.54) is 327 Å². The molecule has 2 atom stereocenters. The molecule has 3 N–H and O–H groups in total. The summed E-state index contributed by atoms with van der Waals surface area (Å²) in [4.78, 5) is 24.6. The van der Waals surface area contributed by atoms with Gasteiger partial charge in [-0.05, 0) is 96.3 Å². The highest BCUT2D eigenvalue weighted by Crippen LogP contribution is 2.19. The Hall–Kier alpha value is -2.44. The number of aliphatic hydroxyl groups is 2. The third-order valence-corrected chi connectivity index (χ3v) is 17.8. The van der Waals surface area contributed by atoms with E-state index in [1.54, 1.807) is 6.08 Å². The molecule has 0 rings (SSSR count). The molecule has 0 aromatic heterocycles. The van der Waals surface area contributed by atoms with E-state index >= 15 is 0 Å². The van der Waals surface area contributed by atoms with Crippen LogP contribution in [0.15, 0.2) is 60.8 Å². The number of rotatable bonds is 72. The summed E-state index contributed by atoms with van der Waals surface area (Å²) >= 11 is 0. The highest BCUT2D eigenvalue weighted by molar-refractivity contribution is 5.76. The molecular formula is C80H149NO5. The molecule has 0 aliphatic heterocycles. The molecule has 0 spiro atoms. The molecule has 0 heterocycles. The first-order chi connectivity index (χ1) is 42.5. The molecule has 6 nitrogen and oxygen atoms in total. The lowest BCUT2D eigenvalue weighted by molar-refractivity contribution is -0.143. The lowest BCUT2D eigenvalue weighted by Crippen LogP contribution is -2.45. The van der Waals surface area contributed by atoms with Gasteiger partial charge < -0.3 is 20.3 Å². The number of esters is 1. The average Bonchev–Trinajstić information content (AvgIpc) is 3.53. The highest BCUT2D eigenvalue weighted by Gasteiger charge is 2.18. The molecule has 0 fully saturated rings. The fraction of sp³-hybridized carbons (Fsp3) is 0.850. The molecule has 0 radical (unpaired) electrons. The van der Waals surface area contributed by atoms with Crippen LogP contribution in [0.1, 0.15) is 412 Å². The fourth-order valence-electron chi connectivity index (χ4n) is 11.9. The van der Waals surface area contributed by atoms with Crippen molar-refractivity contribution in [1.29, 1.82) is 0 Å². The maximum Gasteiger partial charge on any atom is 0.305 e. The smallest absolute Gasteiger partial charge is 0.305 e. The molecule has 0 saturated carbocycles. The predicted octanol–water partition coefficient (Wildman–Crippen LogP) is 25.4. The molecule has 1 amide bonds. The first-order valence-electron chi connectivity index (χ1n) is 38.6. The van der Waals surface area contributed by atoms with Gasteiger partial charge in [-0.25, -0.2) is 0 Å². The molecule has 2 unspecified atom stereocenters. The van der Waals surface area contributed by atoms with Crippen LogP contribution in [0.25, 0.3) is 0 Å². The van der Waals surface area contributed by atoms with Gasteiger partial charge in [0.15, 0.2) is 0 Å². The molecule has 0 saturated heterocycles. The summed E-state index contributed by atoms with van der Waals surface area (Å²) in [6.45, 7) is 4.91. The highest BCUT2D eigenvalue weighted by atomic mass is 16.5. The van der Waals surface area contributed by atoms with Gasteiger partial charge in [0.1, 0.15) is 0 Å². The van der Waals surface area contributed by atoms with E-state index in [2.05, 4.69) is 67.8 Å². The SMILES string of the molecule is CCCCC/C=C\C/C=C\CCCCCCCCCC(=O)OCCCCCCCCCCC/C=C\C/C=C\CCCCCCCCCCCCCCCCCC(=O)NC(CO)C(O)/C=C/CCCCCCCCCCCCCCCCCCCCC. The van der Waals surface area contributed by atoms with Crippen molar-refractivity contribution < 1.29 is 24.5 Å². The minimum atomic E-state index is -0.846. The predicted molar refractivity (Wildman–Crippen MR) is 379 cm³/mol. The zero-order valence-electron chi connectivity index (χ0n) is 57.8. The molecule has 86 heavy (non-hydrogen) atoms. The summed E-state index contributed by atoms with van der Waals surface area (Å²) in [5, 5.41) is 23.3. The van der Waals surface area contributed by atoms with Gasteiger partial charge in [-0.3, -0.25) is 9.59 Å². The van der Waals surface area contributed by atoms with Crippen molar-refractivity contribution >= 4 is 11.9 Å². The molecule has 0 aromatic rings. The van der Waals surface area contributed by atoms with Gasteiger partial charge in [-0.1, -0.05) is 364 Å². The summed E-state index contributed by atoms with van der Waals surface area (Å²) in [5.74, 6) is -0.0587. The maximum atomic E-state index is 12.5. The van der Waals surface area contributed by atoms with Crippen LogP contribution in [-0.2, 0) is 14.3 Å². The Morgan fingerprint density at radius 2 is 0.581 bits per heavy atom. The van der Waals surface area contributed by atoms with Gasteiger partial charge in [0, 0.05) is 12.8 Å². The molecule has 6 heteroatoms. The Morgan fingerprint density at radius 3 is 0.907 bits per heavy atom. The monoisotopic (exact) mass is 1200 g/mol. The molecule has 0 aromatic carbocycles. The van der Waals surface area contributed by atoms with Crippen molar-refractivity contribution in [3.63, 3.8) is 0 Å². The molecular weight excluding hydrogens is 1050 g/mol. The van der Waals surface area contributed by atoms with E-state index in [0.717, 1.165) is 57.8 Å². The maximum absolute atomic E-state index is 12.5. The summed E-state index contributed by atoms with van der Waals surface area (Å²) in [7, 11) is 0. The first kappa shape index (κ1) is 83.6. The second-order valence-electron chi connectivity index (χ2n) is 26.3. The van der Waals surface area contributed by atoms with Crippen LogP contribution in [0.3, 0.4) is 0 Å². The van der Waals surface area contributed by atoms with E-state index in [0.29, 0.717) is 19.4 Å². The van der Waals surface area contributed by atoms with Gasteiger partial charge in [0.05, 0.1) is 25.4 Å². The number of amides is 1. The summed E-state index contributed by atoms with van der Waals surface area (Å²) in [6, 6.07) is -0.630. The van der Waals surface area contributed by atoms with Gasteiger partial charge >= 0.3 is 5.97 Å². The number of ether oxygens (including phenoxy) is 1. The largest absolute Gasteiger partial charge is 0.466 e. The zero-order valence-corrected chi connectivity index (χ0v) is 57.8. The Kier molecular flexibility index (Phi) is 72.9. The number of carbonyl (C=O) groups is 2. The minimum Gasteiger partial charge on any atom is -0.466 e. The average molecular weight is 1210 g/mol. The number of hydrogen-bond donors (Lipinski definition) is 3. The van der Waals surface area contributed by atoms with Crippen LogP contribution in [0.2, 0.25) is 0 Å². The van der Waals surface area contributed by atoms with Crippen LogP contribution >= 0.6 is 0 Å². The third kappa shape index (κ3) is 70.6. The Morgan fingerprint density at radius 1 is 0.326 bits per heavy atom. The van der Waals surface area contributed by atoms with E-state index in [9.17, 15) is 19.8 Å². The quantitative estimate of drug-likeness (QED) is 0.0320. The Bertz CT molecular complexity index is 1480. The second-order valence-corrected chi connectivity index (χ2v) is 26.3. The van der Waals surface area contributed by atoms with Gasteiger partial charge in [-0.2, -0.15) is 0 Å². The minimum absolute atomic E-state index is 0.00527. The summed E-state index contributed by atoms with van der Waals surface area (Å²) in [5.41, 5.74) is 0. The number of carbonyl (C=O) groups excluding carboxylic acids is 2. The normalized spacial score (nSPS) is 12.8. The van der Waals surface area contributed by atoms with Crippen molar-refractivity contribution in [3.8, 4) is 0 Å². The van der Waals surface area contributed by atoms with E-state index in [-0.39, 0.29) is 18.5 Å². The lowest BCUT2D eigenvalue weighted by Gasteiger charge is -2.20. The van der Waals surface area contributed by atoms with Crippen molar-refractivity contribution in [3.05, 3.63) is 60.8 Å². The number of aliphatic hydroxyl groups excluding tert-OH is 2.